The highest BCUT2D eigenvalue weighted by molar-refractivity contribution is 6.33. The molecular formula is C21H20ClN3O2. The number of nitrogens with zero attached hydrogens (tertiary/aromatic N) is 1. The molecule has 0 aliphatic heterocycles. The number of aromatic nitrogens is 1. The zero-order chi connectivity index (χ0) is 19.1. The molecule has 0 bridgehead atoms. The first-order valence-electron chi connectivity index (χ1n) is 8.53. The van der Waals surface area contributed by atoms with Gasteiger partial charge in [0.25, 0.3) is 5.91 Å². The molecule has 0 unspecified atom stereocenters. The third kappa shape index (κ3) is 5.21. The highest BCUT2D eigenvalue weighted by atomic mass is 35.5. The molecule has 3 rings (SSSR count). The molecule has 0 saturated heterocycles. The lowest BCUT2D eigenvalue weighted by Crippen LogP contribution is -2.25. The van der Waals surface area contributed by atoms with Crippen molar-refractivity contribution in [3.8, 4) is 5.75 Å². The summed E-state index contributed by atoms with van der Waals surface area (Å²) in [5.41, 5.74) is 3.04. The molecule has 5 nitrogen and oxygen atoms in total. The maximum absolute atomic E-state index is 12.4. The lowest BCUT2D eigenvalue weighted by molar-refractivity contribution is 0.0954. The van der Waals surface area contributed by atoms with Gasteiger partial charge in [-0.15, -0.1) is 0 Å². The molecule has 0 spiro atoms. The third-order valence-corrected chi connectivity index (χ3v) is 4.32. The van der Waals surface area contributed by atoms with Gasteiger partial charge in [0, 0.05) is 12.7 Å². The van der Waals surface area contributed by atoms with Crippen molar-refractivity contribution in [3.63, 3.8) is 0 Å². The molecule has 1 heterocycles. The van der Waals surface area contributed by atoms with Crippen molar-refractivity contribution in [2.45, 2.75) is 6.42 Å². The molecule has 1 aromatic heterocycles. The second-order valence-corrected chi connectivity index (χ2v) is 6.33. The highest BCUT2D eigenvalue weighted by Gasteiger charge is 2.08. The Kier molecular flexibility index (Phi) is 6.28. The number of hydrogen-bond acceptors (Lipinski definition) is 4. The number of carbonyl (C=O) groups is 1. The number of ether oxygens (including phenoxy) is 1. The van der Waals surface area contributed by atoms with Crippen molar-refractivity contribution in [2.24, 2.45) is 0 Å². The Balaban J connectivity index is 1.59. The van der Waals surface area contributed by atoms with Crippen molar-refractivity contribution in [2.75, 3.05) is 19.0 Å². The first-order valence-corrected chi connectivity index (χ1v) is 8.91. The summed E-state index contributed by atoms with van der Waals surface area (Å²) in [6, 6.07) is 16.9. The van der Waals surface area contributed by atoms with Crippen molar-refractivity contribution < 1.29 is 9.53 Å². The molecule has 3 aromatic rings. The largest absolute Gasteiger partial charge is 0.497 e. The van der Waals surface area contributed by atoms with E-state index in [9.17, 15) is 4.79 Å². The van der Waals surface area contributed by atoms with Crippen LogP contribution in [-0.4, -0.2) is 24.5 Å². The summed E-state index contributed by atoms with van der Waals surface area (Å²) < 4.78 is 5.21. The Hall–Kier alpha value is -3.05. The zero-order valence-electron chi connectivity index (χ0n) is 14.9. The van der Waals surface area contributed by atoms with Crippen LogP contribution >= 0.6 is 11.6 Å². The highest BCUT2D eigenvalue weighted by Crippen LogP contribution is 2.24. The van der Waals surface area contributed by atoms with E-state index in [0.717, 1.165) is 17.0 Å². The SMILES string of the molecule is COc1cccc(CCNC(=O)c2cncc(Nc3ccccc3Cl)c2)c1. The number of halogens is 1. The Labute approximate surface area is 163 Å². The van der Waals surface area contributed by atoms with E-state index in [0.29, 0.717) is 29.2 Å². The van der Waals surface area contributed by atoms with Crippen molar-refractivity contribution in [1.29, 1.82) is 0 Å². The fourth-order valence-corrected chi connectivity index (χ4v) is 2.78. The normalized spacial score (nSPS) is 10.3. The molecule has 6 heteroatoms. The van der Waals surface area contributed by atoms with Crippen molar-refractivity contribution >= 4 is 28.9 Å². The molecule has 0 radical (unpaired) electrons. The topological polar surface area (TPSA) is 63.2 Å². The monoisotopic (exact) mass is 381 g/mol. The van der Waals surface area contributed by atoms with Gasteiger partial charge in [-0.1, -0.05) is 35.9 Å². The molecule has 0 aliphatic carbocycles. The van der Waals surface area contributed by atoms with E-state index < -0.39 is 0 Å². The van der Waals surface area contributed by atoms with E-state index in [-0.39, 0.29) is 5.91 Å². The van der Waals surface area contributed by atoms with Gasteiger partial charge < -0.3 is 15.4 Å². The van der Waals surface area contributed by atoms with E-state index in [2.05, 4.69) is 15.6 Å². The number of carbonyl (C=O) groups excluding carboxylic acids is 1. The molecule has 0 aliphatic rings. The minimum Gasteiger partial charge on any atom is -0.497 e. The molecule has 138 valence electrons. The number of pyridine rings is 1. The van der Waals surface area contributed by atoms with E-state index in [4.69, 9.17) is 16.3 Å². The summed E-state index contributed by atoms with van der Waals surface area (Å²) in [4.78, 5) is 16.5. The number of amides is 1. The van der Waals surface area contributed by atoms with Crippen LogP contribution in [-0.2, 0) is 6.42 Å². The van der Waals surface area contributed by atoms with Gasteiger partial charge >= 0.3 is 0 Å². The second-order valence-electron chi connectivity index (χ2n) is 5.92. The standard InChI is InChI=1S/C21H20ClN3O2/c1-27-18-6-4-5-15(11-18)9-10-24-21(26)16-12-17(14-23-13-16)25-20-8-3-2-7-19(20)22/h2-8,11-14,25H,9-10H2,1H3,(H,24,26). The number of para-hydroxylation sites is 1. The van der Waals surface area contributed by atoms with Crippen LogP contribution in [0.1, 0.15) is 15.9 Å². The molecule has 1 amide bonds. The molecular weight excluding hydrogens is 362 g/mol. The molecule has 0 atom stereocenters. The minimum atomic E-state index is -0.173. The molecule has 0 fully saturated rings. The van der Waals surface area contributed by atoms with Gasteiger partial charge in [-0.3, -0.25) is 9.78 Å². The van der Waals surface area contributed by atoms with E-state index in [1.807, 2.05) is 42.5 Å². The molecule has 27 heavy (non-hydrogen) atoms. The van der Waals surface area contributed by atoms with Gasteiger partial charge in [-0.25, -0.2) is 0 Å². The maximum atomic E-state index is 12.4. The summed E-state index contributed by atoms with van der Waals surface area (Å²) in [5.74, 6) is 0.634. The lowest BCUT2D eigenvalue weighted by atomic mass is 10.1. The smallest absolute Gasteiger partial charge is 0.252 e. The van der Waals surface area contributed by atoms with Crippen molar-refractivity contribution in [1.82, 2.24) is 10.3 Å². The first-order chi connectivity index (χ1) is 13.2. The number of rotatable bonds is 7. The van der Waals surface area contributed by atoms with Gasteiger partial charge in [0.1, 0.15) is 5.75 Å². The third-order valence-electron chi connectivity index (χ3n) is 3.99. The predicted octanol–water partition coefficient (Wildman–Crippen LogP) is 4.46. The molecule has 2 aromatic carbocycles. The van der Waals surface area contributed by atoms with Crippen molar-refractivity contribution in [3.05, 3.63) is 83.1 Å². The predicted molar refractivity (Wildman–Crippen MR) is 108 cm³/mol. The molecule has 2 N–H and O–H groups in total. The Bertz CT molecular complexity index is 931. The van der Waals surface area contributed by atoms with Gasteiger partial charge in [0.05, 0.1) is 35.3 Å². The van der Waals surface area contributed by atoms with Crippen LogP contribution in [0, 0.1) is 0 Å². The Morgan fingerprint density at radius 1 is 1.11 bits per heavy atom. The fourth-order valence-electron chi connectivity index (χ4n) is 2.60. The minimum absolute atomic E-state index is 0.173. The average molecular weight is 382 g/mol. The van der Waals surface area contributed by atoms with Crippen LogP contribution in [0.5, 0.6) is 5.75 Å². The Morgan fingerprint density at radius 3 is 2.78 bits per heavy atom. The Morgan fingerprint density at radius 2 is 1.96 bits per heavy atom. The summed E-state index contributed by atoms with van der Waals surface area (Å²) >= 11 is 6.15. The van der Waals surface area contributed by atoms with Gasteiger partial charge in [-0.05, 0) is 42.3 Å². The average Bonchev–Trinajstić information content (AvgIpc) is 2.70. The number of hydrogen-bond donors (Lipinski definition) is 2. The molecule has 0 saturated carbocycles. The summed E-state index contributed by atoms with van der Waals surface area (Å²) in [7, 11) is 1.64. The van der Waals surface area contributed by atoms with Crippen LogP contribution in [0.2, 0.25) is 5.02 Å². The summed E-state index contributed by atoms with van der Waals surface area (Å²) in [5, 5.41) is 6.69. The number of methoxy groups -OCH3 is 1. The zero-order valence-corrected chi connectivity index (χ0v) is 15.7. The quantitative estimate of drug-likeness (QED) is 0.634. The van der Waals surface area contributed by atoms with Crippen LogP contribution in [0.25, 0.3) is 0 Å². The number of nitrogens with one attached hydrogen (secondary N) is 2. The van der Waals surface area contributed by atoms with E-state index in [1.165, 1.54) is 0 Å². The van der Waals surface area contributed by atoms with Crippen LogP contribution in [0.4, 0.5) is 11.4 Å². The number of anilines is 2. The number of benzene rings is 2. The van der Waals surface area contributed by atoms with E-state index >= 15 is 0 Å². The van der Waals surface area contributed by atoms with Gasteiger partial charge in [0.2, 0.25) is 0 Å². The first kappa shape index (κ1) is 18.7. The van der Waals surface area contributed by atoms with E-state index in [1.54, 1.807) is 31.6 Å². The lowest BCUT2D eigenvalue weighted by Gasteiger charge is -2.10. The van der Waals surface area contributed by atoms with Crippen LogP contribution < -0.4 is 15.4 Å². The summed E-state index contributed by atoms with van der Waals surface area (Å²) in [6.45, 7) is 0.522. The van der Waals surface area contributed by atoms with Crippen LogP contribution in [0.3, 0.4) is 0 Å². The second kappa shape index (κ2) is 9.05. The van der Waals surface area contributed by atoms with Crippen LogP contribution in [0.15, 0.2) is 67.0 Å². The fraction of sp³-hybridized carbons (Fsp3) is 0.143. The maximum Gasteiger partial charge on any atom is 0.252 e. The van der Waals surface area contributed by atoms with Gasteiger partial charge in [-0.2, -0.15) is 0 Å². The summed E-state index contributed by atoms with van der Waals surface area (Å²) in [6.07, 6.45) is 3.91. The van der Waals surface area contributed by atoms with Gasteiger partial charge in [0.15, 0.2) is 0 Å².